The van der Waals surface area contributed by atoms with Crippen LogP contribution in [0.15, 0.2) is 12.3 Å². The maximum atomic E-state index is 9.88. The first kappa shape index (κ1) is 15.2. The van der Waals surface area contributed by atoms with Crippen molar-refractivity contribution in [2.24, 2.45) is 5.73 Å². The molecule has 1 aromatic rings. The Morgan fingerprint density at radius 1 is 1.30 bits per heavy atom. The number of aromatic nitrogens is 1. The SMILES string of the molecule is Cc1cc(CN)cnc1N1CCN(CC(C)(C)O)CC1. The summed E-state index contributed by atoms with van der Waals surface area (Å²) in [5.41, 5.74) is 7.27. The van der Waals surface area contributed by atoms with E-state index in [9.17, 15) is 5.11 Å². The van der Waals surface area contributed by atoms with Gasteiger partial charge in [0, 0.05) is 45.5 Å². The molecule has 0 radical (unpaired) electrons. The van der Waals surface area contributed by atoms with Crippen LogP contribution in [-0.4, -0.2) is 53.3 Å². The van der Waals surface area contributed by atoms with Crippen LogP contribution in [0.2, 0.25) is 0 Å². The molecule has 0 unspecified atom stereocenters. The van der Waals surface area contributed by atoms with E-state index in [4.69, 9.17) is 5.73 Å². The van der Waals surface area contributed by atoms with E-state index in [1.165, 1.54) is 5.56 Å². The van der Waals surface area contributed by atoms with Gasteiger partial charge >= 0.3 is 0 Å². The largest absolute Gasteiger partial charge is 0.389 e. The zero-order valence-corrected chi connectivity index (χ0v) is 12.8. The minimum atomic E-state index is -0.626. The summed E-state index contributed by atoms with van der Waals surface area (Å²) in [6.45, 7) is 10.9. The second kappa shape index (κ2) is 6.08. The van der Waals surface area contributed by atoms with E-state index in [-0.39, 0.29) is 0 Å². The van der Waals surface area contributed by atoms with Gasteiger partial charge in [-0.25, -0.2) is 4.98 Å². The van der Waals surface area contributed by atoms with E-state index < -0.39 is 5.60 Å². The number of hydrogen-bond donors (Lipinski definition) is 2. The molecule has 0 amide bonds. The van der Waals surface area contributed by atoms with Gasteiger partial charge < -0.3 is 15.7 Å². The maximum Gasteiger partial charge on any atom is 0.131 e. The Labute approximate surface area is 121 Å². The lowest BCUT2D eigenvalue weighted by Crippen LogP contribution is -2.50. The van der Waals surface area contributed by atoms with Gasteiger partial charge in [-0.15, -0.1) is 0 Å². The molecule has 1 aliphatic heterocycles. The summed E-state index contributed by atoms with van der Waals surface area (Å²) >= 11 is 0. The molecule has 1 aliphatic rings. The van der Waals surface area contributed by atoms with Crippen LogP contribution in [0.3, 0.4) is 0 Å². The number of aliphatic hydroxyl groups is 1. The summed E-state index contributed by atoms with van der Waals surface area (Å²) in [6.07, 6.45) is 1.87. The fourth-order valence-corrected chi connectivity index (χ4v) is 2.73. The lowest BCUT2D eigenvalue weighted by atomic mass is 10.1. The van der Waals surface area contributed by atoms with Crippen LogP contribution in [0.4, 0.5) is 5.82 Å². The van der Waals surface area contributed by atoms with Crippen LogP contribution in [0.5, 0.6) is 0 Å². The fraction of sp³-hybridized carbons (Fsp3) is 0.667. The number of anilines is 1. The molecule has 0 bridgehead atoms. The lowest BCUT2D eigenvalue weighted by molar-refractivity contribution is 0.0344. The van der Waals surface area contributed by atoms with Crippen LogP contribution in [0, 0.1) is 6.92 Å². The van der Waals surface area contributed by atoms with Crippen LogP contribution in [0.1, 0.15) is 25.0 Å². The molecule has 0 saturated carbocycles. The minimum Gasteiger partial charge on any atom is -0.389 e. The van der Waals surface area contributed by atoms with Gasteiger partial charge in [0.05, 0.1) is 5.60 Å². The highest BCUT2D eigenvalue weighted by Crippen LogP contribution is 2.20. The number of β-amino-alcohol motifs (C(OH)–C–C–N with tert-alkyl or cyclic N) is 1. The fourth-order valence-electron chi connectivity index (χ4n) is 2.73. The van der Waals surface area contributed by atoms with Crippen molar-refractivity contribution >= 4 is 5.82 Å². The lowest BCUT2D eigenvalue weighted by Gasteiger charge is -2.38. The monoisotopic (exact) mass is 278 g/mol. The summed E-state index contributed by atoms with van der Waals surface area (Å²) in [4.78, 5) is 9.17. The minimum absolute atomic E-state index is 0.535. The van der Waals surface area contributed by atoms with Crippen LogP contribution in [-0.2, 0) is 6.54 Å². The first-order chi connectivity index (χ1) is 9.39. The molecule has 5 heteroatoms. The number of pyridine rings is 1. The van der Waals surface area contributed by atoms with Crippen molar-refractivity contribution in [3.05, 3.63) is 23.4 Å². The van der Waals surface area contributed by atoms with Gasteiger partial charge in [-0.3, -0.25) is 4.90 Å². The Kier molecular flexibility index (Phi) is 4.62. The molecule has 5 nitrogen and oxygen atoms in total. The molecule has 1 aromatic heterocycles. The van der Waals surface area contributed by atoms with Gasteiger partial charge in [0.1, 0.15) is 5.82 Å². The van der Waals surface area contributed by atoms with E-state index in [0.29, 0.717) is 6.54 Å². The Hall–Kier alpha value is -1.17. The van der Waals surface area contributed by atoms with Gasteiger partial charge in [-0.05, 0) is 38.0 Å². The molecule has 20 heavy (non-hydrogen) atoms. The van der Waals surface area contributed by atoms with Crippen molar-refractivity contribution in [1.82, 2.24) is 9.88 Å². The summed E-state index contributed by atoms with van der Waals surface area (Å²) in [7, 11) is 0. The van der Waals surface area contributed by atoms with E-state index in [1.54, 1.807) is 0 Å². The third-order valence-electron chi connectivity index (χ3n) is 3.63. The van der Waals surface area contributed by atoms with Crippen LogP contribution >= 0.6 is 0 Å². The molecule has 0 aromatic carbocycles. The molecule has 3 N–H and O–H groups in total. The molecule has 112 valence electrons. The van der Waals surface area contributed by atoms with E-state index in [2.05, 4.69) is 27.8 Å². The predicted octanol–water partition coefficient (Wildman–Crippen LogP) is 0.742. The van der Waals surface area contributed by atoms with Gasteiger partial charge in [-0.2, -0.15) is 0 Å². The van der Waals surface area contributed by atoms with Crippen molar-refractivity contribution in [2.45, 2.75) is 32.9 Å². The molecule has 2 rings (SSSR count). The van der Waals surface area contributed by atoms with E-state index >= 15 is 0 Å². The molecular weight excluding hydrogens is 252 g/mol. The number of hydrogen-bond acceptors (Lipinski definition) is 5. The number of aryl methyl sites for hydroxylation is 1. The topological polar surface area (TPSA) is 65.6 Å². The highest BCUT2D eigenvalue weighted by molar-refractivity contribution is 5.47. The summed E-state index contributed by atoms with van der Waals surface area (Å²) in [5.74, 6) is 1.06. The number of nitrogens with two attached hydrogens (primary N) is 1. The number of rotatable bonds is 4. The van der Waals surface area contributed by atoms with Crippen LogP contribution in [0.25, 0.3) is 0 Å². The van der Waals surface area contributed by atoms with Gasteiger partial charge in [0.15, 0.2) is 0 Å². The first-order valence-corrected chi connectivity index (χ1v) is 7.24. The zero-order valence-electron chi connectivity index (χ0n) is 12.8. The molecule has 1 fully saturated rings. The predicted molar refractivity (Wildman–Crippen MR) is 81.8 cm³/mol. The third kappa shape index (κ3) is 3.91. The van der Waals surface area contributed by atoms with Gasteiger partial charge in [-0.1, -0.05) is 0 Å². The molecular formula is C15H26N4O. The van der Waals surface area contributed by atoms with E-state index in [1.807, 2.05) is 20.0 Å². The normalized spacial score (nSPS) is 17.6. The zero-order chi connectivity index (χ0) is 14.8. The average molecular weight is 278 g/mol. The maximum absolute atomic E-state index is 9.88. The second-order valence-corrected chi connectivity index (χ2v) is 6.26. The Morgan fingerprint density at radius 3 is 2.45 bits per heavy atom. The number of piperazine rings is 1. The quantitative estimate of drug-likeness (QED) is 0.850. The molecule has 2 heterocycles. The highest BCUT2D eigenvalue weighted by Gasteiger charge is 2.23. The molecule has 0 aliphatic carbocycles. The van der Waals surface area contributed by atoms with Crippen molar-refractivity contribution in [1.29, 1.82) is 0 Å². The highest BCUT2D eigenvalue weighted by atomic mass is 16.3. The van der Waals surface area contributed by atoms with Crippen LogP contribution < -0.4 is 10.6 Å². The summed E-state index contributed by atoms with van der Waals surface area (Å²) in [6, 6.07) is 2.12. The first-order valence-electron chi connectivity index (χ1n) is 7.24. The van der Waals surface area contributed by atoms with Crippen molar-refractivity contribution < 1.29 is 5.11 Å². The molecule has 0 spiro atoms. The van der Waals surface area contributed by atoms with Gasteiger partial charge in [0.2, 0.25) is 0 Å². The van der Waals surface area contributed by atoms with Crippen molar-refractivity contribution in [3.8, 4) is 0 Å². The van der Waals surface area contributed by atoms with Crippen molar-refractivity contribution in [3.63, 3.8) is 0 Å². The summed E-state index contributed by atoms with van der Waals surface area (Å²) in [5, 5.41) is 9.88. The van der Waals surface area contributed by atoms with E-state index in [0.717, 1.165) is 44.1 Å². The molecule has 1 saturated heterocycles. The Bertz CT molecular complexity index is 448. The average Bonchev–Trinajstić information content (AvgIpc) is 2.38. The smallest absolute Gasteiger partial charge is 0.131 e. The number of nitrogens with zero attached hydrogens (tertiary/aromatic N) is 3. The Morgan fingerprint density at radius 2 is 1.95 bits per heavy atom. The standard InChI is InChI=1S/C15H26N4O/c1-12-8-13(9-16)10-17-14(12)19-6-4-18(5-7-19)11-15(2,3)20/h8,10,20H,4-7,9,11,16H2,1-3H3. The summed E-state index contributed by atoms with van der Waals surface area (Å²) < 4.78 is 0. The second-order valence-electron chi connectivity index (χ2n) is 6.26. The third-order valence-corrected chi connectivity index (χ3v) is 3.63. The van der Waals surface area contributed by atoms with Crippen molar-refractivity contribution in [2.75, 3.05) is 37.6 Å². The van der Waals surface area contributed by atoms with Gasteiger partial charge in [0.25, 0.3) is 0 Å². The molecule has 0 atom stereocenters. The Balaban J connectivity index is 1.97.